The smallest absolute Gasteiger partial charge is 0.131 e. The van der Waals surface area contributed by atoms with Crippen molar-refractivity contribution in [3.8, 4) is 44.5 Å². The zero-order chi connectivity index (χ0) is 21.0. The van der Waals surface area contributed by atoms with Gasteiger partial charge in [-0.05, 0) is 57.1 Å². The minimum absolute atomic E-state index is 0.219. The molecular weight excluding hydrogens is 379 g/mol. The van der Waals surface area contributed by atoms with Gasteiger partial charge in [0.1, 0.15) is 5.82 Å². The molecule has 5 aromatic carbocycles. The van der Waals surface area contributed by atoms with Crippen molar-refractivity contribution >= 4 is 0 Å². The van der Waals surface area contributed by atoms with E-state index < -0.39 is 0 Å². The molecular formula is C30H21F. The van der Waals surface area contributed by atoms with E-state index in [1.807, 2.05) is 66.7 Å². The van der Waals surface area contributed by atoms with Crippen LogP contribution in [0.4, 0.5) is 4.39 Å². The number of benzene rings is 5. The lowest BCUT2D eigenvalue weighted by Gasteiger charge is -2.19. The van der Waals surface area contributed by atoms with Gasteiger partial charge in [0.25, 0.3) is 0 Å². The maximum atomic E-state index is 15.0. The first-order valence-electron chi connectivity index (χ1n) is 10.4. The summed E-state index contributed by atoms with van der Waals surface area (Å²) in [4.78, 5) is 0. The predicted octanol–water partition coefficient (Wildman–Crippen LogP) is 8.49. The van der Waals surface area contributed by atoms with Gasteiger partial charge < -0.3 is 0 Å². The Kier molecular flexibility index (Phi) is 5.16. The summed E-state index contributed by atoms with van der Waals surface area (Å²) in [7, 11) is 0. The topological polar surface area (TPSA) is 0 Å². The monoisotopic (exact) mass is 400 g/mol. The van der Waals surface area contributed by atoms with Crippen molar-refractivity contribution in [2.24, 2.45) is 0 Å². The van der Waals surface area contributed by atoms with Crippen LogP contribution in [0.2, 0.25) is 0 Å². The largest absolute Gasteiger partial charge is 0.206 e. The molecule has 1 heteroatoms. The number of hydrogen-bond acceptors (Lipinski definition) is 0. The molecule has 0 aliphatic heterocycles. The highest BCUT2D eigenvalue weighted by Gasteiger charge is 2.18. The van der Waals surface area contributed by atoms with Crippen LogP contribution in [0.25, 0.3) is 44.5 Å². The van der Waals surface area contributed by atoms with Crippen molar-refractivity contribution in [1.82, 2.24) is 0 Å². The van der Waals surface area contributed by atoms with E-state index in [0.717, 1.165) is 38.9 Å². The molecule has 0 fully saturated rings. The van der Waals surface area contributed by atoms with Crippen LogP contribution in [-0.4, -0.2) is 0 Å². The summed E-state index contributed by atoms with van der Waals surface area (Å²) in [6.07, 6.45) is 0. The Morgan fingerprint density at radius 2 is 0.839 bits per heavy atom. The summed E-state index contributed by atoms with van der Waals surface area (Å²) < 4.78 is 15.0. The van der Waals surface area contributed by atoms with Gasteiger partial charge in [0, 0.05) is 5.56 Å². The van der Waals surface area contributed by atoms with Gasteiger partial charge in [-0.1, -0.05) is 109 Å². The normalized spacial score (nSPS) is 10.7. The van der Waals surface area contributed by atoms with E-state index in [9.17, 15) is 0 Å². The SMILES string of the molecule is Fc1ccccc1-c1cc(-c2ccccc2)cc(-c2ccccc2)c1-c1ccccc1. The lowest BCUT2D eigenvalue weighted by atomic mass is 9.84. The highest BCUT2D eigenvalue weighted by Crippen LogP contribution is 2.43. The second kappa shape index (κ2) is 8.41. The number of halogens is 1. The molecule has 0 aliphatic rings. The predicted molar refractivity (Wildman–Crippen MR) is 128 cm³/mol. The fraction of sp³-hybridized carbons (Fsp3) is 0. The van der Waals surface area contributed by atoms with Crippen LogP contribution >= 0.6 is 0 Å². The Morgan fingerprint density at radius 3 is 1.45 bits per heavy atom. The van der Waals surface area contributed by atoms with Gasteiger partial charge in [-0.3, -0.25) is 0 Å². The van der Waals surface area contributed by atoms with Crippen molar-refractivity contribution in [3.63, 3.8) is 0 Å². The first-order chi connectivity index (χ1) is 15.3. The molecule has 0 heterocycles. The van der Waals surface area contributed by atoms with E-state index in [1.165, 1.54) is 6.07 Å². The van der Waals surface area contributed by atoms with Crippen LogP contribution in [0.1, 0.15) is 0 Å². The lowest BCUT2D eigenvalue weighted by Crippen LogP contribution is -1.94. The molecule has 31 heavy (non-hydrogen) atoms. The molecule has 0 saturated heterocycles. The Labute approximate surface area is 182 Å². The van der Waals surface area contributed by atoms with Crippen LogP contribution in [0, 0.1) is 5.82 Å². The molecule has 0 radical (unpaired) electrons. The Morgan fingerprint density at radius 1 is 0.355 bits per heavy atom. The summed E-state index contributed by atoms with van der Waals surface area (Å²) in [6.45, 7) is 0. The number of rotatable bonds is 4. The maximum absolute atomic E-state index is 15.0. The summed E-state index contributed by atoms with van der Waals surface area (Å²) in [5.41, 5.74) is 7.98. The van der Waals surface area contributed by atoms with E-state index in [4.69, 9.17) is 0 Å². The summed E-state index contributed by atoms with van der Waals surface area (Å²) >= 11 is 0. The number of hydrogen-bond donors (Lipinski definition) is 0. The Hall–Kier alpha value is -3.97. The minimum Gasteiger partial charge on any atom is -0.206 e. The fourth-order valence-corrected chi connectivity index (χ4v) is 4.09. The second-order valence-electron chi connectivity index (χ2n) is 7.52. The van der Waals surface area contributed by atoms with Gasteiger partial charge in [-0.25, -0.2) is 4.39 Å². The van der Waals surface area contributed by atoms with E-state index in [-0.39, 0.29) is 5.82 Å². The van der Waals surface area contributed by atoms with Gasteiger partial charge in [0.2, 0.25) is 0 Å². The molecule has 148 valence electrons. The Balaban J connectivity index is 1.90. The van der Waals surface area contributed by atoms with E-state index in [1.54, 1.807) is 6.07 Å². The first-order valence-corrected chi connectivity index (χ1v) is 10.4. The molecule has 0 unspecified atom stereocenters. The van der Waals surface area contributed by atoms with Gasteiger partial charge in [0.05, 0.1) is 0 Å². The van der Waals surface area contributed by atoms with Crippen LogP contribution in [0.5, 0.6) is 0 Å². The standard InChI is InChI=1S/C30H21F/c31-29-19-11-10-18-26(29)28-21-25(22-12-4-1-5-13-22)20-27(23-14-6-2-7-15-23)30(28)24-16-8-3-9-17-24/h1-21H. The average molecular weight is 400 g/mol. The van der Waals surface area contributed by atoms with Crippen LogP contribution in [-0.2, 0) is 0 Å². The maximum Gasteiger partial charge on any atom is 0.131 e. The van der Waals surface area contributed by atoms with Crippen molar-refractivity contribution in [2.75, 3.05) is 0 Å². The van der Waals surface area contributed by atoms with Gasteiger partial charge in [0.15, 0.2) is 0 Å². The second-order valence-corrected chi connectivity index (χ2v) is 7.52. The third kappa shape index (κ3) is 3.78. The van der Waals surface area contributed by atoms with Gasteiger partial charge in [-0.2, -0.15) is 0 Å². The third-order valence-electron chi connectivity index (χ3n) is 5.56. The molecule has 0 N–H and O–H groups in total. The highest BCUT2D eigenvalue weighted by atomic mass is 19.1. The van der Waals surface area contributed by atoms with E-state index in [2.05, 4.69) is 48.5 Å². The van der Waals surface area contributed by atoms with Crippen molar-refractivity contribution < 1.29 is 4.39 Å². The van der Waals surface area contributed by atoms with Crippen molar-refractivity contribution in [3.05, 3.63) is 133 Å². The minimum atomic E-state index is -0.219. The van der Waals surface area contributed by atoms with E-state index >= 15 is 4.39 Å². The quantitative estimate of drug-likeness (QED) is 0.284. The molecule has 0 saturated carbocycles. The highest BCUT2D eigenvalue weighted by molar-refractivity contribution is 5.97. The van der Waals surface area contributed by atoms with Crippen molar-refractivity contribution in [1.29, 1.82) is 0 Å². The third-order valence-corrected chi connectivity index (χ3v) is 5.56. The van der Waals surface area contributed by atoms with E-state index in [0.29, 0.717) is 5.56 Å². The van der Waals surface area contributed by atoms with Gasteiger partial charge >= 0.3 is 0 Å². The van der Waals surface area contributed by atoms with Crippen LogP contribution in [0.3, 0.4) is 0 Å². The van der Waals surface area contributed by atoms with Crippen molar-refractivity contribution in [2.45, 2.75) is 0 Å². The zero-order valence-electron chi connectivity index (χ0n) is 17.0. The summed E-state index contributed by atoms with van der Waals surface area (Å²) in [5, 5.41) is 0. The van der Waals surface area contributed by atoms with Crippen LogP contribution < -0.4 is 0 Å². The first kappa shape index (κ1) is 19.0. The molecule has 0 nitrogen and oxygen atoms in total. The molecule has 5 aromatic rings. The fourth-order valence-electron chi connectivity index (χ4n) is 4.09. The molecule has 0 aliphatic carbocycles. The molecule has 0 amide bonds. The lowest BCUT2D eigenvalue weighted by molar-refractivity contribution is 0.631. The molecule has 5 rings (SSSR count). The summed E-state index contributed by atoms with van der Waals surface area (Å²) in [6, 6.07) is 42.2. The Bertz CT molecular complexity index is 1310. The average Bonchev–Trinajstić information content (AvgIpc) is 2.85. The molecule has 0 aromatic heterocycles. The summed E-state index contributed by atoms with van der Waals surface area (Å²) in [5.74, 6) is -0.219. The molecule has 0 atom stereocenters. The zero-order valence-corrected chi connectivity index (χ0v) is 17.0. The van der Waals surface area contributed by atoms with Gasteiger partial charge in [-0.15, -0.1) is 0 Å². The molecule has 0 bridgehead atoms. The molecule has 0 spiro atoms. The van der Waals surface area contributed by atoms with Crippen LogP contribution in [0.15, 0.2) is 127 Å².